The standard InChI is InChI=1S/C12H12ClNO3S2/c1-19(16,17)7-6-14-12(15)11-10(13)8-4-2-3-5-9(8)18-11/h2-5H,6-7H2,1H3,(H,14,15). The largest absolute Gasteiger partial charge is 0.350 e. The van der Waals surface area contributed by atoms with Crippen LogP contribution in [0.15, 0.2) is 24.3 Å². The fourth-order valence-corrected chi connectivity index (χ4v) is 3.50. The first-order valence-electron chi connectivity index (χ1n) is 5.51. The number of sulfone groups is 1. The van der Waals surface area contributed by atoms with Crippen molar-refractivity contribution in [3.8, 4) is 0 Å². The molecule has 0 fully saturated rings. The maximum Gasteiger partial charge on any atom is 0.262 e. The van der Waals surface area contributed by atoms with Crippen molar-refractivity contribution in [1.29, 1.82) is 0 Å². The molecule has 1 heterocycles. The third-order valence-corrected chi connectivity index (χ3v) is 5.12. The molecule has 1 N–H and O–H groups in total. The first-order chi connectivity index (χ1) is 8.88. The van der Waals surface area contributed by atoms with Gasteiger partial charge in [0.25, 0.3) is 5.91 Å². The zero-order valence-corrected chi connectivity index (χ0v) is 12.5. The highest BCUT2D eigenvalue weighted by Gasteiger charge is 2.16. The monoisotopic (exact) mass is 317 g/mol. The summed E-state index contributed by atoms with van der Waals surface area (Å²) in [7, 11) is -3.08. The Morgan fingerprint density at radius 2 is 2.05 bits per heavy atom. The smallest absolute Gasteiger partial charge is 0.262 e. The summed E-state index contributed by atoms with van der Waals surface area (Å²) in [6.07, 6.45) is 1.13. The lowest BCUT2D eigenvalue weighted by atomic mass is 10.2. The topological polar surface area (TPSA) is 63.2 Å². The molecule has 0 aliphatic heterocycles. The molecule has 19 heavy (non-hydrogen) atoms. The van der Waals surface area contributed by atoms with Crippen molar-refractivity contribution >= 4 is 48.8 Å². The second kappa shape index (κ2) is 5.48. The average Bonchev–Trinajstić information content (AvgIpc) is 2.66. The van der Waals surface area contributed by atoms with Gasteiger partial charge in [-0.1, -0.05) is 29.8 Å². The van der Waals surface area contributed by atoms with Crippen molar-refractivity contribution in [2.24, 2.45) is 0 Å². The lowest BCUT2D eigenvalue weighted by Gasteiger charge is -2.02. The summed E-state index contributed by atoms with van der Waals surface area (Å²) in [6.45, 7) is 0.0856. The van der Waals surface area contributed by atoms with E-state index < -0.39 is 9.84 Å². The summed E-state index contributed by atoms with van der Waals surface area (Å²) in [5.41, 5.74) is 0. The van der Waals surface area contributed by atoms with Crippen molar-refractivity contribution in [2.45, 2.75) is 0 Å². The molecule has 0 saturated heterocycles. The number of hydrogen-bond donors (Lipinski definition) is 1. The molecule has 0 radical (unpaired) electrons. The Bertz CT molecular complexity index is 722. The summed E-state index contributed by atoms with van der Waals surface area (Å²) in [5.74, 6) is -0.420. The van der Waals surface area contributed by atoms with Crippen molar-refractivity contribution in [1.82, 2.24) is 5.32 Å². The van der Waals surface area contributed by atoms with Crippen molar-refractivity contribution < 1.29 is 13.2 Å². The molecule has 7 heteroatoms. The fraction of sp³-hybridized carbons (Fsp3) is 0.250. The zero-order chi connectivity index (χ0) is 14.0. The Labute approximate surface area is 120 Å². The Morgan fingerprint density at radius 1 is 1.37 bits per heavy atom. The second-order valence-corrected chi connectivity index (χ2v) is 7.82. The molecule has 102 valence electrons. The van der Waals surface area contributed by atoms with Crippen LogP contribution in [-0.4, -0.2) is 32.9 Å². The molecule has 4 nitrogen and oxygen atoms in total. The number of amides is 1. The second-order valence-electron chi connectivity index (χ2n) is 4.13. The minimum atomic E-state index is -3.08. The molecule has 2 rings (SSSR count). The van der Waals surface area contributed by atoms with Gasteiger partial charge < -0.3 is 5.32 Å². The van der Waals surface area contributed by atoms with E-state index >= 15 is 0 Å². The molecule has 0 aliphatic rings. The Hall–Kier alpha value is -1.11. The van der Waals surface area contributed by atoms with Gasteiger partial charge in [-0.3, -0.25) is 4.79 Å². The van der Waals surface area contributed by atoms with Crippen LogP contribution in [0.5, 0.6) is 0 Å². The number of benzene rings is 1. The third-order valence-electron chi connectivity index (χ3n) is 2.50. The molecular weight excluding hydrogens is 306 g/mol. The Kier molecular flexibility index (Phi) is 4.13. The van der Waals surface area contributed by atoms with E-state index in [0.29, 0.717) is 9.90 Å². The molecule has 0 atom stereocenters. The van der Waals surface area contributed by atoms with E-state index in [0.717, 1.165) is 16.3 Å². The van der Waals surface area contributed by atoms with E-state index in [2.05, 4.69) is 5.32 Å². The van der Waals surface area contributed by atoms with Gasteiger partial charge in [-0.25, -0.2) is 8.42 Å². The summed E-state index contributed by atoms with van der Waals surface area (Å²) < 4.78 is 22.9. The summed E-state index contributed by atoms with van der Waals surface area (Å²) in [6, 6.07) is 7.47. The average molecular weight is 318 g/mol. The molecule has 1 aromatic heterocycles. The molecular formula is C12H12ClNO3S2. The maximum atomic E-state index is 11.9. The van der Waals surface area contributed by atoms with E-state index in [9.17, 15) is 13.2 Å². The van der Waals surface area contributed by atoms with Crippen molar-refractivity contribution in [3.05, 3.63) is 34.2 Å². The van der Waals surface area contributed by atoms with Gasteiger partial charge in [0.05, 0.1) is 10.8 Å². The summed E-state index contributed by atoms with van der Waals surface area (Å²) >= 11 is 7.45. The molecule has 0 bridgehead atoms. The third kappa shape index (κ3) is 3.46. The number of carbonyl (C=O) groups excluding carboxylic acids is 1. The van der Waals surface area contributed by atoms with Crippen molar-refractivity contribution in [2.75, 3.05) is 18.6 Å². The van der Waals surface area contributed by atoms with Crippen LogP contribution >= 0.6 is 22.9 Å². The minimum absolute atomic E-state index is 0.0821. The number of thiophene rings is 1. The van der Waals surface area contributed by atoms with Gasteiger partial charge in [0, 0.05) is 22.9 Å². The first kappa shape index (κ1) is 14.3. The quantitative estimate of drug-likeness (QED) is 0.941. The van der Waals surface area contributed by atoms with E-state index in [4.69, 9.17) is 11.6 Å². The summed E-state index contributed by atoms with van der Waals surface area (Å²) in [4.78, 5) is 12.4. The van der Waals surface area contributed by atoms with Gasteiger partial charge in [-0.15, -0.1) is 11.3 Å². The highest BCUT2D eigenvalue weighted by Crippen LogP contribution is 2.34. The van der Waals surface area contributed by atoms with Crippen LogP contribution < -0.4 is 5.32 Å². The van der Waals surface area contributed by atoms with Crippen LogP contribution in [-0.2, 0) is 9.84 Å². The van der Waals surface area contributed by atoms with Crippen LogP contribution in [0.4, 0.5) is 0 Å². The molecule has 1 aromatic carbocycles. The number of fused-ring (bicyclic) bond motifs is 1. The van der Waals surface area contributed by atoms with Crippen LogP contribution in [0.25, 0.3) is 10.1 Å². The number of rotatable bonds is 4. The molecule has 0 spiro atoms. The molecule has 0 saturated carbocycles. The molecule has 2 aromatic rings. The predicted molar refractivity (Wildman–Crippen MR) is 78.9 cm³/mol. The van der Waals surface area contributed by atoms with Gasteiger partial charge in [-0.05, 0) is 6.07 Å². The fourth-order valence-electron chi connectivity index (χ4n) is 1.59. The van der Waals surface area contributed by atoms with Gasteiger partial charge in [-0.2, -0.15) is 0 Å². The van der Waals surface area contributed by atoms with Crippen LogP contribution in [0.2, 0.25) is 5.02 Å². The lowest BCUT2D eigenvalue weighted by Crippen LogP contribution is -2.28. The molecule has 0 aliphatic carbocycles. The van der Waals surface area contributed by atoms with E-state index in [1.807, 2.05) is 24.3 Å². The zero-order valence-electron chi connectivity index (χ0n) is 10.1. The Balaban J connectivity index is 2.16. The predicted octanol–water partition coefficient (Wildman–Crippen LogP) is 2.33. The highest BCUT2D eigenvalue weighted by molar-refractivity contribution is 7.90. The normalized spacial score (nSPS) is 11.7. The SMILES string of the molecule is CS(=O)(=O)CCNC(=O)c1sc2ccccc2c1Cl. The highest BCUT2D eigenvalue weighted by atomic mass is 35.5. The van der Waals surface area contributed by atoms with E-state index in [1.54, 1.807) is 0 Å². The van der Waals surface area contributed by atoms with Crippen LogP contribution in [0.1, 0.15) is 9.67 Å². The lowest BCUT2D eigenvalue weighted by molar-refractivity contribution is 0.0960. The van der Waals surface area contributed by atoms with Gasteiger partial charge in [0.2, 0.25) is 0 Å². The van der Waals surface area contributed by atoms with Gasteiger partial charge >= 0.3 is 0 Å². The minimum Gasteiger partial charge on any atom is -0.350 e. The van der Waals surface area contributed by atoms with Gasteiger partial charge in [0.15, 0.2) is 0 Å². The number of nitrogens with one attached hydrogen (secondary N) is 1. The summed E-state index contributed by atoms with van der Waals surface area (Å²) in [5, 5.41) is 3.82. The number of carbonyl (C=O) groups is 1. The van der Waals surface area contributed by atoms with E-state index in [1.165, 1.54) is 11.3 Å². The van der Waals surface area contributed by atoms with Gasteiger partial charge in [0.1, 0.15) is 14.7 Å². The maximum absolute atomic E-state index is 11.9. The first-order valence-corrected chi connectivity index (χ1v) is 8.77. The van der Waals surface area contributed by atoms with Crippen LogP contribution in [0.3, 0.4) is 0 Å². The Morgan fingerprint density at radius 3 is 2.68 bits per heavy atom. The number of hydrogen-bond acceptors (Lipinski definition) is 4. The molecule has 1 amide bonds. The van der Waals surface area contributed by atoms with Crippen LogP contribution in [0, 0.1) is 0 Å². The van der Waals surface area contributed by atoms with Crippen molar-refractivity contribution in [3.63, 3.8) is 0 Å². The number of halogens is 1. The molecule has 0 unspecified atom stereocenters. The van der Waals surface area contributed by atoms with E-state index in [-0.39, 0.29) is 18.2 Å².